The van der Waals surface area contributed by atoms with E-state index >= 15 is 0 Å². The molecule has 3 N–H and O–H groups in total. The smallest absolute Gasteiger partial charge is 0.124 e. The van der Waals surface area contributed by atoms with Gasteiger partial charge in [-0.1, -0.05) is 30.3 Å². The number of hydrazone groups is 1. The average Bonchev–Trinajstić information content (AvgIpc) is 2.97. The summed E-state index contributed by atoms with van der Waals surface area (Å²) < 4.78 is 5.41. The van der Waals surface area contributed by atoms with Crippen LogP contribution in [0.2, 0.25) is 0 Å². The van der Waals surface area contributed by atoms with Crippen LogP contribution in [-0.2, 0) is 0 Å². The summed E-state index contributed by atoms with van der Waals surface area (Å²) in [4.78, 5) is 0. The van der Waals surface area contributed by atoms with Crippen LogP contribution in [0.25, 0.3) is 0 Å². The standard InChI is InChI=1S/C16H17N3O/c1-20-16-8-3-2-7-13(16)15-10-14(18-19-15)11-5-4-6-12(17)9-11/h2-9,15,19H,10,17H2,1H3. The van der Waals surface area contributed by atoms with Crippen LogP contribution >= 0.6 is 0 Å². The van der Waals surface area contributed by atoms with Gasteiger partial charge >= 0.3 is 0 Å². The van der Waals surface area contributed by atoms with Gasteiger partial charge in [0.15, 0.2) is 0 Å². The molecular formula is C16H17N3O. The Balaban J connectivity index is 1.82. The second-order valence-corrected chi connectivity index (χ2v) is 4.81. The zero-order chi connectivity index (χ0) is 13.9. The lowest BCUT2D eigenvalue weighted by molar-refractivity contribution is 0.402. The summed E-state index contributed by atoms with van der Waals surface area (Å²) in [6, 6.07) is 16.0. The minimum Gasteiger partial charge on any atom is -0.496 e. The molecule has 0 saturated carbocycles. The number of nitrogen functional groups attached to an aromatic ring is 1. The predicted octanol–water partition coefficient (Wildman–Crippen LogP) is 2.72. The normalized spacial score (nSPS) is 17.4. The maximum atomic E-state index is 5.82. The monoisotopic (exact) mass is 267 g/mol. The zero-order valence-electron chi connectivity index (χ0n) is 11.3. The van der Waals surface area contributed by atoms with Gasteiger partial charge in [0, 0.05) is 17.7 Å². The van der Waals surface area contributed by atoms with Crippen molar-refractivity contribution in [3.8, 4) is 5.75 Å². The predicted molar refractivity (Wildman–Crippen MR) is 80.9 cm³/mol. The molecule has 0 saturated heterocycles. The van der Waals surface area contributed by atoms with Gasteiger partial charge in [-0.2, -0.15) is 5.10 Å². The highest BCUT2D eigenvalue weighted by Crippen LogP contribution is 2.31. The summed E-state index contributed by atoms with van der Waals surface area (Å²) in [7, 11) is 1.69. The van der Waals surface area contributed by atoms with Gasteiger partial charge in [0.1, 0.15) is 5.75 Å². The van der Waals surface area contributed by atoms with Gasteiger partial charge in [-0.3, -0.25) is 0 Å². The molecule has 0 fully saturated rings. The van der Waals surface area contributed by atoms with Crippen molar-refractivity contribution in [2.75, 3.05) is 12.8 Å². The minimum atomic E-state index is 0.141. The Labute approximate surface area is 118 Å². The number of nitrogens with two attached hydrogens (primary N) is 1. The first-order chi connectivity index (χ1) is 9.78. The van der Waals surface area contributed by atoms with Gasteiger partial charge in [0.2, 0.25) is 0 Å². The molecule has 0 spiro atoms. The molecule has 1 aliphatic heterocycles. The summed E-state index contributed by atoms with van der Waals surface area (Å²) in [6.45, 7) is 0. The highest BCUT2D eigenvalue weighted by molar-refractivity contribution is 6.02. The summed E-state index contributed by atoms with van der Waals surface area (Å²) >= 11 is 0. The number of anilines is 1. The number of nitrogens with one attached hydrogen (secondary N) is 1. The molecule has 1 unspecified atom stereocenters. The quantitative estimate of drug-likeness (QED) is 0.841. The maximum Gasteiger partial charge on any atom is 0.124 e. The number of hydrogen-bond acceptors (Lipinski definition) is 4. The number of para-hydroxylation sites is 1. The number of ether oxygens (including phenoxy) is 1. The SMILES string of the molecule is COc1ccccc1C1CC(c2cccc(N)c2)=NN1. The average molecular weight is 267 g/mol. The molecule has 102 valence electrons. The molecule has 2 aromatic carbocycles. The topological polar surface area (TPSA) is 59.6 Å². The van der Waals surface area contributed by atoms with Crippen molar-refractivity contribution in [2.45, 2.75) is 12.5 Å². The number of nitrogens with zero attached hydrogens (tertiary/aromatic N) is 1. The van der Waals surface area contributed by atoms with E-state index in [0.29, 0.717) is 0 Å². The minimum absolute atomic E-state index is 0.141. The van der Waals surface area contributed by atoms with Gasteiger partial charge in [-0.15, -0.1) is 0 Å². The third kappa shape index (κ3) is 2.32. The van der Waals surface area contributed by atoms with E-state index in [2.05, 4.69) is 16.6 Å². The summed E-state index contributed by atoms with van der Waals surface area (Å²) in [5.41, 5.74) is 13.0. The van der Waals surface area contributed by atoms with Crippen molar-refractivity contribution in [1.82, 2.24) is 5.43 Å². The molecule has 0 amide bonds. The van der Waals surface area contributed by atoms with Crippen LogP contribution in [-0.4, -0.2) is 12.8 Å². The van der Waals surface area contributed by atoms with Gasteiger partial charge < -0.3 is 15.9 Å². The first kappa shape index (κ1) is 12.5. The summed E-state index contributed by atoms with van der Waals surface area (Å²) in [5.74, 6) is 0.883. The van der Waals surface area contributed by atoms with E-state index in [9.17, 15) is 0 Å². The molecule has 0 aliphatic carbocycles. The number of hydrogen-bond donors (Lipinski definition) is 2. The maximum absolute atomic E-state index is 5.82. The molecule has 2 aromatic rings. The second-order valence-electron chi connectivity index (χ2n) is 4.81. The van der Waals surface area contributed by atoms with E-state index in [1.165, 1.54) is 0 Å². The van der Waals surface area contributed by atoms with E-state index in [1.54, 1.807) is 7.11 Å². The molecule has 0 radical (unpaired) electrons. The largest absolute Gasteiger partial charge is 0.496 e. The molecule has 0 aromatic heterocycles. The first-order valence-electron chi connectivity index (χ1n) is 6.59. The third-order valence-electron chi connectivity index (χ3n) is 3.49. The fraction of sp³-hybridized carbons (Fsp3) is 0.188. The van der Waals surface area contributed by atoms with E-state index in [1.807, 2.05) is 42.5 Å². The molecule has 20 heavy (non-hydrogen) atoms. The third-order valence-corrected chi connectivity index (χ3v) is 3.49. The van der Waals surface area contributed by atoms with E-state index < -0.39 is 0 Å². The number of rotatable bonds is 3. The van der Waals surface area contributed by atoms with E-state index in [4.69, 9.17) is 10.5 Å². The molecule has 4 nitrogen and oxygen atoms in total. The second kappa shape index (κ2) is 5.25. The van der Waals surface area contributed by atoms with Crippen molar-refractivity contribution in [3.63, 3.8) is 0 Å². The highest BCUT2D eigenvalue weighted by Gasteiger charge is 2.23. The van der Waals surface area contributed by atoms with E-state index in [0.717, 1.165) is 34.7 Å². The van der Waals surface area contributed by atoms with Crippen LogP contribution in [0.5, 0.6) is 5.75 Å². The molecular weight excluding hydrogens is 250 g/mol. The Kier molecular flexibility index (Phi) is 3.29. The van der Waals surface area contributed by atoms with Crippen LogP contribution in [0.4, 0.5) is 5.69 Å². The summed E-state index contributed by atoms with van der Waals surface area (Å²) in [6.07, 6.45) is 0.823. The van der Waals surface area contributed by atoms with Gasteiger partial charge in [0.25, 0.3) is 0 Å². The lowest BCUT2D eigenvalue weighted by Crippen LogP contribution is -2.11. The zero-order valence-corrected chi connectivity index (χ0v) is 11.3. The first-order valence-corrected chi connectivity index (χ1v) is 6.59. The molecule has 1 heterocycles. The Hall–Kier alpha value is -2.49. The van der Waals surface area contributed by atoms with Crippen molar-refractivity contribution in [2.24, 2.45) is 5.10 Å². The molecule has 1 aliphatic rings. The molecule has 4 heteroatoms. The van der Waals surface area contributed by atoms with Gasteiger partial charge in [0.05, 0.1) is 18.9 Å². The fourth-order valence-corrected chi connectivity index (χ4v) is 2.47. The van der Waals surface area contributed by atoms with Gasteiger partial charge in [-0.25, -0.2) is 0 Å². The van der Waals surface area contributed by atoms with E-state index in [-0.39, 0.29) is 6.04 Å². The van der Waals surface area contributed by atoms with Crippen molar-refractivity contribution >= 4 is 11.4 Å². The Morgan fingerprint density at radius 3 is 2.85 bits per heavy atom. The van der Waals surface area contributed by atoms with Crippen molar-refractivity contribution < 1.29 is 4.74 Å². The van der Waals surface area contributed by atoms with Crippen LogP contribution < -0.4 is 15.9 Å². The van der Waals surface area contributed by atoms with Crippen LogP contribution in [0.1, 0.15) is 23.6 Å². The molecule has 1 atom stereocenters. The fourth-order valence-electron chi connectivity index (χ4n) is 2.47. The van der Waals surface area contributed by atoms with Gasteiger partial charge in [-0.05, 0) is 23.8 Å². The van der Waals surface area contributed by atoms with Crippen LogP contribution in [0.3, 0.4) is 0 Å². The number of methoxy groups -OCH3 is 1. The van der Waals surface area contributed by atoms with Crippen LogP contribution in [0, 0.1) is 0 Å². The highest BCUT2D eigenvalue weighted by atomic mass is 16.5. The van der Waals surface area contributed by atoms with Crippen molar-refractivity contribution in [1.29, 1.82) is 0 Å². The van der Waals surface area contributed by atoms with Crippen molar-refractivity contribution in [3.05, 3.63) is 59.7 Å². The molecule has 0 bridgehead atoms. The molecule has 3 rings (SSSR count). The Bertz CT molecular complexity index is 652. The lowest BCUT2D eigenvalue weighted by atomic mass is 9.98. The lowest BCUT2D eigenvalue weighted by Gasteiger charge is -2.14. The Morgan fingerprint density at radius 1 is 1.20 bits per heavy atom. The Morgan fingerprint density at radius 2 is 2.05 bits per heavy atom. The number of benzene rings is 2. The summed E-state index contributed by atoms with van der Waals surface area (Å²) in [5, 5.41) is 4.44. The van der Waals surface area contributed by atoms with Crippen LogP contribution in [0.15, 0.2) is 53.6 Å².